The summed E-state index contributed by atoms with van der Waals surface area (Å²) >= 11 is 7.61. The van der Waals surface area contributed by atoms with E-state index >= 15 is 0 Å². The number of fused-ring (bicyclic) bond motifs is 1. The van der Waals surface area contributed by atoms with Crippen LogP contribution in [0, 0.1) is 0 Å². The highest BCUT2D eigenvalue weighted by Gasteiger charge is 2.18. The van der Waals surface area contributed by atoms with Gasteiger partial charge in [-0.25, -0.2) is 4.98 Å². The average molecular weight is 353 g/mol. The van der Waals surface area contributed by atoms with Crippen LogP contribution in [0.25, 0.3) is 16.9 Å². The molecule has 4 rings (SSSR count). The first-order valence-electron chi connectivity index (χ1n) is 7.51. The van der Waals surface area contributed by atoms with E-state index in [0.717, 1.165) is 27.5 Å². The van der Waals surface area contributed by atoms with Crippen LogP contribution < -0.4 is 0 Å². The molecule has 24 heavy (non-hydrogen) atoms. The van der Waals surface area contributed by atoms with Gasteiger partial charge in [0.15, 0.2) is 5.78 Å². The van der Waals surface area contributed by atoms with Crippen molar-refractivity contribution < 1.29 is 4.79 Å². The first-order valence-corrected chi connectivity index (χ1v) is 8.77. The molecule has 0 unspecified atom stereocenters. The fourth-order valence-electron chi connectivity index (χ4n) is 2.74. The number of rotatable bonds is 4. The third-order valence-corrected chi connectivity index (χ3v) is 4.99. The van der Waals surface area contributed by atoms with Gasteiger partial charge in [0.25, 0.3) is 0 Å². The number of pyridine rings is 1. The number of hydrogen-bond donors (Lipinski definition) is 0. The number of hydrogen-bond acceptors (Lipinski definition) is 3. The predicted octanol–water partition coefficient (Wildman–Crippen LogP) is 5.14. The van der Waals surface area contributed by atoms with Crippen molar-refractivity contribution >= 4 is 34.4 Å². The van der Waals surface area contributed by atoms with Crippen molar-refractivity contribution in [3.05, 3.63) is 81.8 Å². The Labute approximate surface area is 148 Å². The largest absolute Gasteiger partial charge is 0.301 e. The lowest BCUT2D eigenvalue weighted by molar-refractivity contribution is 0.0995. The zero-order valence-electron chi connectivity index (χ0n) is 12.6. The third kappa shape index (κ3) is 2.75. The second kappa shape index (κ2) is 6.23. The molecule has 0 bridgehead atoms. The highest BCUT2D eigenvalue weighted by atomic mass is 35.5. The second-order valence-corrected chi connectivity index (χ2v) is 6.81. The number of carbonyl (C=O) groups is 1. The van der Waals surface area contributed by atoms with Crippen molar-refractivity contribution in [1.82, 2.24) is 9.38 Å². The molecule has 0 aliphatic heterocycles. The maximum atomic E-state index is 12.6. The zero-order valence-corrected chi connectivity index (χ0v) is 14.2. The molecule has 0 aliphatic carbocycles. The SMILES string of the molecule is O=C(Cc1c(-c2ccccc2)nc2ccc(Cl)cn12)c1cccs1. The number of imidazole rings is 1. The molecule has 118 valence electrons. The maximum absolute atomic E-state index is 12.6. The molecule has 3 heterocycles. The van der Waals surface area contributed by atoms with E-state index in [4.69, 9.17) is 16.6 Å². The second-order valence-electron chi connectivity index (χ2n) is 5.43. The van der Waals surface area contributed by atoms with Gasteiger partial charge in [-0.2, -0.15) is 0 Å². The van der Waals surface area contributed by atoms with Gasteiger partial charge >= 0.3 is 0 Å². The maximum Gasteiger partial charge on any atom is 0.178 e. The van der Waals surface area contributed by atoms with E-state index in [1.54, 1.807) is 0 Å². The molecule has 0 radical (unpaired) electrons. The summed E-state index contributed by atoms with van der Waals surface area (Å²) in [5.41, 5.74) is 3.46. The summed E-state index contributed by atoms with van der Waals surface area (Å²) in [6.07, 6.45) is 2.10. The van der Waals surface area contributed by atoms with Crippen LogP contribution in [-0.4, -0.2) is 15.2 Å². The van der Waals surface area contributed by atoms with E-state index in [0.29, 0.717) is 5.02 Å². The zero-order chi connectivity index (χ0) is 16.5. The van der Waals surface area contributed by atoms with Gasteiger partial charge in [0.2, 0.25) is 0 Å². The van der Waals surface area contributed by atoms with E-state index in [9.17, 15) is 4.79 Å². The number of ketones is 1. The Kier molecular flexibility index (Phi) is 3.92. The molecule has 0 aliphatic rings. The van der Waals surface area contributed by atoms with Crippen LogP contribution in [0.1, 0.15) is 15.4 Å². The van der Waals surface area contributed by atoms with Crippen molar-refractivity contribution in [3.8, 4) is 11.3 Å². The number of Topliss-reactive ketones (excluding diaryl/α,β-unsaturated/α-hetero) is 1. The van der Waals surface area contributed by atoms with Crippen LogP contribution in [0.15, 0.2) is 66.2 Å². The lowest BCUT2D eigenvalue weighted by atomic mass is 10.1. The lowest BCUT2D eigenvalue weighted by Gasteiger charge is -2.05. The molecule has 0 saturated carbocycles. The molecule has 0 fully saturated rings. The Balaban J connectivity index is 1.87. The van der Waals surface area contributed by atoms with Gasteiger partial charge in [0.1, 0.15) is 5.65 Å². The number of benzene rings is 1. The minimum atomic E-state index is 0.0870. The van der Waals surface area contributed by atoms with E-state index < -0.39 is 0 Å². The normalized spacial score (nSPS) is 11.0. The Hall–Kier alpha value is -2.43. The molecule has 0 saturated heterocycles. The third-order valence-electron chi connectivity index (χ3n) is 3.85. The first-order chi connectivity index (χ1) is 11.7. The van der Waals surface area contributed by atoms with Crippen molar-refractivity contribution in [1.29, 1.82) is 0 Å². The molecule has 3 nitrogen and oxygen atoms in total. The van der Waals surface area contributed by atoms with Gasteiger partial charge in [-0.05, 0) is 23.6 Å². The van der Waals surface area contributed by atoms with Crippen LogP contribution in [0.5, 0.6) is 0 Å². The molecule has 4 aromatic rings. The molecule has 0 spiro atoms. The summed E-state index contributed by atoms with van der Waals surface area (Å²) in [4.78, 5) is 18.1. The Bertz CT molecular complexity index is 1010. The monoisotopic (exact) mass is 352 g/mol. The highest BCUT2D eigenvalue weighted by Crippen LogP contribution is 2.27. The number of nitrogens with zero attached hydrogens (tertiary/aromatic N) is 2. The van der Waals surface area contributed by atoms with Gasteiger partial charge < -0.3 is 4.40 Å². The molecule has 0 N–H and O–H groups in total. The minimum Gasteiger partial charge on any atom is -0.301 e. The molecule has 5 heteroatoms. The van der Waals surface area contributed by atoms with Crippen LogP contribution in [0.4, 0.5) is 0 Å². The lowest BCUT2D eigenvalue weighted by Crippen LogP contribution is -2.05. The highest BCUT2D eigenvalue weighted by molar-refractivity contribution is 7.12. The van der Waals surface area contributed by atoms with E-state index in [1.807, 2.05) is 70.6 Å². The smallest absolute Gasteiger partial charge is 0.178 e. The fourth-order valence-corrected chi connectivity index (χ4v) is 3.57. The van der Waals surface area contributed by atoms with Gasteiger partial charge in [0.05, 0.1) is 27.7 Å². The number of carbonyl (C=O) groups excluding carboxylic acids is 1. The van der Waals surface area contributed by atoms with Gasteiger partial charge in [-0.15, -0.1) is 11.3 Å². The van der Waals surface area contributed by atoms with Gasteiger partial charge in [0, 0.05) is 11.8 Å². The summed E-state index contributed by atoms with van der Waals surface area (Å²) in [6.45, 7) is 0. The summed E-state index contributed by atoms with van der Waals surface area (Å²) in [5.74, 6) is 0.0870. The molecule has 1 aromatic carbocycles. The Morgan fingerprint density at radius 3 is 2.67 bits per heavy atom. The first kappa shape index (κ1) is 15.1. The van der Waals surface area contributed by atoms with Crippen LogP contribution in [-0.2, 0) is 6.42 Å². The number of thiophene rings is 1. The number of aromatic nitrogens is 2. The molecule has 0 atom stereocenters. The standard InChI is InChI=1S/C19H13ClN2OS/c20-14-8-9-18-21-19(13-5-2-1-3-6-13)15(22(18)12-14)11-16(23)17-7-4-10-24-17/h1-10,12H,11H2. The van der Waals surface area contributed by atoms with Crippen LogP contribution >= 0.6 is 22.9 Å². The fraction of sp³-hybridized carbons (Fsp3) is 0.0526. The average Bonchev–Trinajstić information content (AvgIpc) is 3.24. The molecule has 0 amide bonds. The van der Waals surface area contributed by atoms with E-state index in [1.165, 1.54) is 11.3 Å². The summed E-state index contributed by atoms with van der Waals surface area (Å²) < 4.78 is 1.91. The Morgan fingerprint density at radius 1 is 1.08 bits per heavy atom. The van der Waals surface area contributed by atoms with E-state index in [2.05, 4.69) is 0 Å². The van der Waals surface area contributed by atoms with Crippen molar-refractivity contribution in [2.45, 2.75) is 6.42 Å². The Morgan fingerprint density at radius 2 is 1.92 bits per heavy atom. The predicted molar refractivity (Wildman–Crippen MR) is 98.0 cm³/mol. The summed E-state index contributed by atoms with van der Waals surface area (Å²) in [7, 11) is 0. The van der Waals surface area contributed by atoms with Crippen molar-refractivity contribution in [2.24, 2.45) is 0 Å². The van der Waals surface area contributed by atoms with Crippen molar-refractivity contribution in [2.75, 3.05) is 0 Å². The molecular formula is C19H13ClN2OS. The number of halogens is 1. The minimum absolute atomic E-state index is 0.0870. The van der Waals surface area contributed by atoms with Crippen molar-refractivity contribution in [3.63, 3.8) is 0 Å². The quantitative estimate of drug-likeness (QED) is 0.476. The van der Waals surface area contributed by atoms with E-state index in [-0.39, 0.29) is 12.2 Å². The van der Waals surface area contributed by atoms with Crippen LogP contribution in [0.2, 0.25) is 5.02 Å². The molecular weight excluding hydrogens is 340 g/mol. The van der Waals surface area contributed by atoms with Gasteiger partial charge in [-0.3, -0.25) is 4.79 Å². The van der Waals surface area contributed by atoms with Gasteiger partial charge in [-0.1, -0.05) is 48.0 Å². The topological polar surface area (TPSA) is 34.4 Å². The summed E-state index contributed by atoms with van der Waals surface area (Å²) in [6, 6.07) is 17.3. The molecule has 3 aromatic heterocycles. The van der Waals surface area contributed by atoms with Crippen LogP contribution in [0.3, 0.4) is 0 Å². The summed E-state index contributed by atoms with van der Waals surface area (Å²) in [5, 5.41) is 2.53.